The summed E-state index contributed by atoms with van der Waals surface area (Å²) >= 11 is 0. The summed E-state index contributed by atoms with van der Waals surface area (Å²) in [6.07, 6.45) is 4.03. The normalized spacial score (nSPS) is 12.6. The lowest BCUT2D eigenvalue weighted by Crippen LogP contribution is -2.16. The fourth-order valence-electron chi connectivity index (χ4n) is 2.41. The molecular formula is C20H32O7S. The third kappa shape index (κ3) is 13.7. The predicted molar refractivity (Wildman–Crippen MR) is 108 cm³/mol. The lowest BCUT2D eigenvalue weighted by molar-refractivity contribution is -0.0406. The van der Waals surface area contributed by atoms with Crippen molar-refractivity contribution in [1.29, 1.82) is 0 Å². The second-order valence-corrected chi connectivity index (χ2v) is 7.77. The molecule has 0 saturated heterocycles. The summed E-state index contributed by atoms with van der Waals surface area (Å²) in [5.74, 6) is -0.236. The minimum Gasteiger partial charge on any atom is -0.502 e. The molecule has 1 aromatic carbocycles. The third-order valence-corrected chi connectivity index (χ3v) is 4.65. The number of hydrogen-bond donors (Lipinski definition) is 1. The van der Waals surface area contributed by atoms with Crippen LogP contribution in [0.5, 0.6) is 0 Å². The van der Waals surface area contributed by atoms with Crippen LogP contribution in [0.2, 0.25) is 0 Å². The van der Waals surface area contributed by atoms with Crippen molar-refractivity contribution in [3.05, 3.63) is 48.7 Å². The van der Waals surface area contributed by atoms with Gasteiger partial charge in [0, 0.05) is 13.2 Å². The van der Waals surface area contributed by atoms with Crippen LogP contribution in [0.25, 0.3) is 0 Å². The molecule has 1 N–H and O–H groups in total. The summed E-state index contributed by atoms with van der Waals surface area (Å²) in [4.78, 5) is 0. The fourth-order valence-corrected chi connectivity index (χ4v) is 2.98. The largest absolute Gasteiger partial charge is 0.502 e. The molecule has 0 radical (unpaired) electrons. The highest BCUT2D eigenvalue weighted by Crippen LogP contribution is 2.17. The molecule has 1 unspecified atom stereocenters. The van der Waals surface area contributed by atoms with Gasteiger partial charge in [-0.15, -0.1) is 0 Å². The van der Waals surface area contributed by atoms with E-state index in [1.165, 1.54) is 6.26 Å². The topological polar surface area (TPSA) is 91.3 Å². The Bertz CT molecular complexity index is 604. The van der Waals surface area contributed by atoms with Gasteiger partial charge in [-0.25, -0.2) is 0 Å². The molecule has 160 valence electrons. The number of hydrogen-bond acceptors (Lipinski definition) is 6. The van der Waals surface area contributed by atoms with Crippen LogP contribution in [0, 0.1) is 0 Å². The van der Waals surface area contributed by atoms with Crippen molar-refractivity contribution in [2.45, 2.75) is 31.8 Å². The van der Waals surface area contributed by atoms with Gasteiger partial charge in [-0.05, 0) is 31.2 Å². The molecule has 8 heteroatoms. The Balaban J connectivity index is 2.21. The van der Waals surface area contributed by atoms with Crippen LogP contribution in [0.1, 0.15) is 37.4 Å². The van der Waals surface area contributed by atoms with Crippen LogP contribution in [-0.4, -0.2) is 58.4 Å². The molecule has 0 amide bonds. The Hall–Kier alpha value is -1.45. The maximum Gasteiger partial charge on any atom is 0.264 e. The molecule has 1 aromatic rings. The Morgan fingerprint density at radius 3 is 2.32 bits per heavy atom. The van der Waals surface area contributed by atoms with Gasteiger partial charge < -0.3 is 18.9 Å². The number of benzene rings is 1. The van der Waals surface area contributed by atoms with E-state index in [1.807, 2.05) is 30.3 Å². The lowest BCUT2D eigenvalue weighted by atomic mass is 10.1. The van der Waals surface area contributed by atoms with Gasteiger partial charge in [0.1, 0.15) is 6.10 Å². The van der Waals surface area contributed by atoms with E-state index < -0.39 is 10.1 Å². The predicted octanol–water partition coefficient (Wildman–Crippen LogP) is 3.39. The Morgan fingerprint density at radius 1 is 0.929 bits per heavy atom. The van der Waals surface area contributed by atoms with Gasteiger partial charge in [-0.1, -0.05) is 36.9 Å². The summed E-state index contributed by atoms with van der Waals surface area (Å²) in [5.41, 5.74) is 1.05. The van der Waals surface area contributed by atoms with E-state index in [9.17, 15) is 8.42 Å². The summed E-state index contributed by atoms with van der Waals surface area (Å²) < 4.78 is 52.1. The highest BCUT2D eigenvalue weighted by Gasteiger charge is 2.12. The standard InChI is InChI=1S/C20H32O7S/c1-2-24-12-6-7-14-26-18-20(19-10-4-3-5-11-19)27-16-15-25-13-8-9-17-28(21,22)23/h2-5,10-11,20H,1,6-9,12-18H2,(H,21,22,23). The van der Waals surface area contributed by atoms with E-state index >= 15 is 0 Å². The summed E-state index contributed by atoms with van der Waals surface area (Å²) in [6.45, 7) is 6.49. The van der Waals surface area contributed by atoms with Gasteiger partial charge in [0.25, 0.3) is 10.1 Å². The Kier molecular flexibility index (Phi) is 13.6. The lowest BCUT2D eigenvalue weighted by Gasteiger charge is -2.19. The molecule has 0 bridgehead atoms. The highest BCUT2D eigenvalue weighted by atomic mass is 32.2. The van der Waals surface area contributed by atoms with Gasteiger partial charge in [0.2, 0.25) is 0 Å². The zero-order valence-corrected chi connectivity index (χ0v) is 17.1. The average molecular weight is 417 g/mol. The summed E-state index contributed by atoms with van der Waals surface area (Å²) in [7, 11) is -3.89. The molecule has 1 atom stereocenters. The van der Waals surface area contributed by atoms with Crippen molar-refractivity contribution >= 4 is 10.1 Å². The Labute approximate surface area is 168 Å². The summed E-state index contributed by atoms with van der Waals surface area (Å²) in [5, 5.41) is 0. The van der Waals surface area contributed by atoms with Crippen LogP contribution >= 0.6 is 0 Å². The minimum absolute atomic E-state index is 0.172. The average Bonchev–Trinajstić information content (AvgIpc) is 2.67. The maximum absolute atomic E-state index is 10.6. The molecule has 0 aliphatic rings. The van der Waals surface area contributed by atoms with Gasteiger partial charge in [-0.2, -0.15) is 8.42 Å². The second-order valence-electron chi connectivity index (χ2n) is 6.20. The van der Waals surface area contributed by atoms with Crippen LogP contribution < -0.4 is 0 Å². The van der Waals surface area contributed by atoms with Gasteiger partial charge in [0.05, 0.1) is 38.4 Å². The molecule has 1 rings (SSSR count). The Morgan fingerprint density at radius 2 is 1.61 bits per heavy atom. The number of unbranched alkanes of at least 4 members (excludes halogenated alkanes) is 2. The molecule has 0 aliphatic heterocycles. The second kappa shape index (κ2) is 15.5. The quantitative estimate of drug-likeness (QED) is 0.223. The van der Waals surface area contributed by atoms with Crippen LogP contribution in [0.15, 0.2) is 43.2 Å². The van der Waals surface area contributed by atoms with E-state index in [0.717, 1.165) is 18.4 Å². The van der Waals surface area contributed by atoms with Crippen LogP contribution in [-0.2, 0) is 29.1 Å². The zero-order chi connectivity index (χ0) is 20.5. The monoisotopic (exact) mass is 416 g/mol. The van der Waals surface area contributed by atoms with E-state index in [0.29, 0.717) is 52.5 Å². The smallest absolute Gasteiger partial charge is 0.264 e. The number of ether oxygens (including phenoxy) is 4. The highest BCUT2D eigenvalue weighted by molar-refractivity contribution is 7.85. The van der Waals surface area contributed by atoms with Crippen LogP contribution in [0.4, 0.5) is 0 Å². The van der Waals surface area contributed by atoms with Crippen LogP contribution in [0.3, 0.4) is 0 Å². The minimum atomic E-state index is -3.89. The van der Waals surface area contributed by atoms with Gasteiger partial charge in [-0.3, -0.25) is 4.55 Å². The van der Waals surface area contributed by atoms with Crippen molar-refractivity contribution in [3.63, 3.8) is 0 Å². The first-order valence-electron chi connectivity index (χ1n) is 9.52. The maximum atomic E-state index is 10.6. The molecular weight excluding hydrogens is 384 g/mol. The van der Waals surface area contributed by atoms with Gasteiger partial charge in [0.15, 0.2) is 0 Å². The summed E-state index contributed by atoms with van der Waals surface area (Å²) in [6, 6.07) is 9.88. The molecule has 28 heavy (non-hydrogen) atoms. The molecule has 7 nitrogen and oxygen atoms in total. The van der Waals surface area contributed by atoms with Gasteiger partial charge >= 0.3 is 0 Å². The first-order chi connectivity index (χ1) is 13.5. The van der Waals surface area contributed by atoms with E-state index in [4.69, 9.17) is 23.5 Å². The first-order valence-corrected chi connectivity index (χ1v) is 11.1. The first kappa shape index (κ1) is 24.6. The molecule has 0 fully saturated rings. The van der Waals surface area contributed by atoms with Crippen molar-refractivity contribution < 1.29 is 31.9 Å². The molecule has 0 saturated carbocycles. The van der Waals surface area contributed by atoms with E-state index in [2.05, 4.69) is 6.58 Å². The SMILES string of the molecule is C=COCCCCOCC(OCCOCCCCS(=O)(=O)O)c1ccccc1. The van der Waals surface area contributed by atoms with Crippen molar-refractivity contribution in [1.82, 2.24) is 0 Å². The van der Waals surface area contributed by atoms with E-state index in [-0.39, 0.29) is 11.9 Å². The van der Waals surface area contributed by atoms with Crippen molar-refractivity contribution in [2.75, 3.05) is 45.4 Å². The van der Waals surface area contributed by atoms with Crippen molar-refractivity contribution in [3.8, 4) is 0 Å². The van der Waals surface area contributed by atoms with E-state index in [1.54, 1.807) is 0 Å². The fraction of sp³-hybridized carbons (Fsp3) is 0.600. The molecule has 0 aromatic heterocycles. The molecule has 0 aliphatic carbocycles. The third-order valence-electron chi connectivity index (χ3n) is 3.85. The van der Waals surface area contributed by atoms with Crippen molar-refractivity contribution in [2.24, 2.45) is 0 Å². The zero-order valence-electron chi connectivity index (χ0n) is 16.3. The molecule has 0 spiro atoms. The number of rotatable bonds is 18. The molecule has 0 heterocycles.